The Morgan fingerprint density at radius 3 is 2.63 bits per heavy atom. The Hall–Kier alpha value is -3.98. The van der Waals surface area contributed by atoms with Crippen LogP contribution >= 0.6 is 22.7 Å². The highest BCUT2D eigenvalue weighted by molar-refractivity contribution is 7.21. The van der Waals surface area contributed by atoms with Gasteiger partial charge < -0.3 is 11.1 Å². The van der Waals surface area contributed by atoms with Crippen molar-refractivity contribution in [2.24, 2.45) is 0 Å². The number of aromatic nitrogens is 1. The van der Waals surface area contributed by atoms with Gasteiger partial charge in [-0.05, 0) is 42.5 Å². The number of hydrogen-bond donors (Lipinski definition) is 2. The van der Waals surface area contributed by atoms with Gasteiger partial charge >= 0.3 is 0 Å². The molecule has 0 atom stereocenters. The van der Waals surface area contributed by atoms with Crippen molar-refractivity contribution in [2.45, 2.75) is 0 Å². The molecule has 0 saturated carbocycles. The minimum Gasteiger partial charge on any atom is -0.396 e. The Bertz CT molecular complexity index is 1330. The van der Waals surface area contributed by atoms with Crippen LogP contribution in [-0.4, -0.2) is 10.8 Å². The highest BCUT2D eigenvalue weighted by Gasteiger charge is 2.23. The SMILES string of the molecule is N#Cc1cccc(Nc2sc(C(=O)c3ccc(-c4ccccn4)s3)c(N)c2C#N)c1. The number of carbonyl (C=O) groups excluding carboxylic acids is 1. The van der Waals surface area contributed by atoms with Crippen molar-refractivity contribution in [3.05, 3.63) is 81.7 Å². The molecular weight excluding hydrogens is 414 g/mol. The molecule has 30 heavy (non-hydrogen) atoms. The Morgan fingerprint density at radius 2 is 1.90 bits per heavy atom. The number of hydrogen-bond acceptors (Lipinski definition) is 8. The number of benzene rings is 1. The van der Waals surface area contributed by atoms with Crippen LogP contribution in [0.5, 0.6) is 0 Å². The number of pyridine rings is 1. The first kappa shape index (κ1) is 19.3. The molecule has 0 saturated heterocycles. The fourth-order valence-corrected chi connectivity index (χ4v) is 4.87. The van der Waals surface area contributed by atoms with Crippen LogP contribution < -0.4 is 11.1 Å². The van der Waals surface area contributed by atoms with E-state index in [2.05, 4.69) is 22.4 Å². The van der Waals surface area contributed by atoms with Gasteiger partial charge in [-0.15, -0.1) is 22.7 Å². The summed E-state index contributed by atoms with van der Waals surface area (Å²) >= 11 is 2.46. The van der Waals surface area contributed by atoms with Gasteiger partial charge in [0.1, 0.15) is 21.5 Å². The minimum atomic E-state index is -0.236. The molecule has 0 fully saturated rings. The van der Waals surface area contributed by atoms with Gasteiger partial charge in [-0.1, -0.05) is 12.1 Å². The number of nitriles is 2. The van der Waals surface area contributed by atoms with Gasteiger partial charge in [-0.25, -0.2) is 0 Å². The van der Waals surface area contributed by atoms with Crippen molar-refractivity contribution >= 4 is 44.8 Å². The molecule has 0 aliphatic rings. The van der Waals surface area contributed by atoms with E-state index < -0.39 is 0 Å². The molecule has 8 heteroatoms. The van der Waals surface area contributed by atoms with E-state index in [1.807, 2.05) is 24.3 Å². The van der Waals surface area contributed by atoms with Crippen LogP contribution in [0.4, 0.5) is 16.4 Å². The van der Waals surface area contributed by atoms with Crippen molar-refractivity contribution in [2.75, 3.05) is 11.1 Å². The van der Waals surface area contributed by atoms with Crippen LogP contribution in [0.3, 0.4) is 0 Å². The molecule has 3 heterocycles. The topological polar surface area (TPSA) is 116 Å². The number of anilines is 3. The summed E-state index contributed by atoms with van der Waals surface area (Å²) in [6, 6.07) is 20.2. The molecule has 1 aromatic carbocycles. The lowest BCUT2D eigenvalue weighted by atomic mass is 10.2. The Labute approximate surface area is 180 Å². The van der Waals surface area contributed by atoms with Gasteiger partial charge in [0.25, 0.3) is 0 Å². The largest absolute Gasteiger partial charge is 0.396 e. The number of thiophene rings is 2. The molecule has 4 aromatic rings. The van der Waals surface area contributed by atoms with Crippen LogP contribution in [-0.2, 0) is 0 Å². The van der Waals surface area contributed by atoms with E-state index in [0.29, 0.717) is 26.0 Å². The van der Waals surface area contributed by atoms with E-state index >= 15 is 0 Å². The maximum absolute atomic E-state index is 13.1. The number of rotatable bonds is 5. The molecule has 144 valence electrons. The lowest BCUT2D eigenvalue weighted by Gasteiger charge is -2.04. The van der Waals surface area contributed by atoms with E-state index in [0.717, 1.165) is 21.9 Å². The fraction of sp³-hybridized carbons (Fsp3) is 0. The summed E-state index contributed by atoms with van der Waals surface area (Å²) in [5.74, 6) is -0.236. The summed E-state index contributed by atoms with van der Waals surface area (Å²) in [4.78, 5) is 19.1. The highest BCUT2D eigenvalue weighted by atomic mass is 32.1. The number of nitrogens with two attached hydrogens (primary N) is 1. The second-order valence-electron chi connectivity index (χ2n) is 6.19. The summed E-state index contributed by atoms with van der Waals surface area (Å²) < 4.78 is 0. The van der Waals surface area contributed by atoms with Crippen molar-refractivity contribution in [3.63, 3.8) is 0 Å². The first-order valence-electron chi connectivity index (χ1n) is 8.76. The highest BCUT2D eigenvalue weighted by Crippen LogP contribution is 2.39. The number of nitrogens with one attached hydrogen (secondary N) is 1. The molecular formula is C22H13N5OS2. The number of ketones is 1. The zero-order valence-corrected chi connectivity index (χ0v) is 17.1. The number of nitrogens with zero attached hydrogens (tertiary/aromatic N) is 3. The lowest BCUT2D eigenvalue weighted by molar-refractivity contribution is 0.104. The van der Waals surface area contributed by atoms with Gasteiger partial charge in [0.15, 0.2) is 0 Å². The average molecular weight is 428 g/mol. The lowest BCUT2D eigenvalue weighted by Crippen LogP contribution is -2.00. The summed E-state index contributed by atoms with van der Waals surface area (Å²) in [7, 11) is 0. The smallest absolute Gasteiger partial charge is 0.215 e. The van der Waals surface area contributed by atoms with Crippen molar-refractivity contribution in [1.82, 2.24) is 4.98 Å². The molecule has 0 radical (unpaired) electrons. The summed E-state index contributed by atoms with van der Waals surface area (Å²) in [5.41, 5.74) is 8.43. The molecule has 3 N–H and O–H groups in total. The van der Waals surface area contributed by atoms with E-state index in [9.17, 15) is 10.1 Å². The molecule has 0 unspecified atom stereocenters. The third kappa shape index (κ3) is 3.65. The predicted octanol–water partition coefficient (Wildman–Crippen LogP) is 5.17. The van der Waals surface area contributed by atoms with Crippen molar-refractivity contribution in [3.8, 4) is 22.7 Å². The molecule has 0 spiro atoms. The van der Waals surface area contributed by atoms with Gasteiger partial charge in [0.05, 0.1) is 32.8 Å². The third-order valence-electron chi connectivity index (χ3n) is 4.26. The van der Waals surface area contributed by atoms with Crippen LogP contribution in [0.2, 0.25) is 0 Å². The first-order chi connectivity index (χ1) is 14.6. The minimum absolute atomic E-state index is 0.152. The molecule has 0 bridgehead atoms. The van der Waals surface area contributed by atoms with Crippen LogP contribution in [0.1, 0.15) is 25.7 Å². The van der Waals surface area contributed by atoms with E-state index in [4.69, 9.17) is 11.0 Å². The molecule has 6 nitrogen and oxygen atoms in total. The van der Waals surface area contributed by atoms with Crippen LogP contribution in [0, 0.1) is 22.7 Å². The van der Waals surface area contributed by atoms with Gasteiger partial charge in [-0.3, -0.25) is 9.78 Å². The maximum atomic E-state index is 13.1. The molecule has 0 aliphatic heterocycles. The molecule has 0 aliphatic carbocycles. The molecule has 3 aromatic heterocycles. The molecule has 4 rings (SSSR count). The number of nitrogen functional groups attached to an aromatic ring is 1. The normalized spacial score (nSPS) is 10.2. The van der Waals surface area contributed by atoms with E-state index in [1.54, 1.807) is 36.5 Å². The van der Waals surface area contributed by atoms with Crippen LogP contribution in [0.15, 0.2) is 60.8 Å². The zero-order chi connectivity index (χ0) is 21.1. The number of carbonyl (C=O) groups is 1. The predicted molar refractivity (Wildman–Crippen MR) is 119 cm³/mol. The van der Waals surface area contributed by atoms with Gasteiger partial charge in [0, 0.05) is 11.9 Å². The maximum Gasteiger partial charge on any atom is 0.215 e. The van der Waals surface area contributed by atoms with E-state index in [-0.39, 0.29) is 17.0 Å². The standard InChI is InChI=1S/C22H13N5OS2/c23-11-13-4-3-5-14(10-13)27-22-15(12-24)19(25)21(30-22)20(28)18-8-7-17(29-18)16-6-1-2-9-26-16/h1-10,27H,25H2. The summed E-state index contributed by atoms with van der Waals surface area (Å²) in [6.45, 7) is 0. The van der Waals surface area contributed by atoms with Gasteiger partial charge in [-0.2, -0.15) is 10.5 Å². The second kappa shape index (κ2) is 8.18. The van der Waals surface area contributed by atoms with Crippen molar-refractivity contribution < 1.29 is 4.79 Å². The quantitative estimate of drug-likeness (QED) is 0.424. The summed E-state index contributed by atoms with van der Waals surface area (Å²) in [6.07, 6.45) is 1.70. The molecule has 0 amide bonds. The Kier molecular flexibility index (Phi) is 5.27. The average Bonchev–Trinajstić information content (AvgIpc) is 3.39. The first-order valence-corrected chi connectivity index (χ1v) is 10.4. The Balaban J connectivity index is 1.67. The summed E-state index contributed by atoms with van der Waals surface area (Å²) in [5, 5.41) is 22.2. The van der Waals surface area contributed by atoms with Crippen LogP contribution in [0.25, 0.3) is 10.6 Å². The monoisotopic (exact) mass is 427 g/mol. The van der Waals surface area contributed by atoms with E-state index in [1.165, 1.54) is 11.3 Å². The zero-order valence-electron chi connectivity index (χ0n) is 15.4. The van der Waals surface area contributed by atoms with Crippen molar-refractivity contribution in [1.29, 1.82) is 10.5 Å². The van der Waals surface area contributed by atoms with Gasteiger partial charge in [0.2, 0.25) is 5.78 Å². The second-order valence-corrected chi connectivity index (χ2v) is 8.29. The third-order valence-corrected chi connectivity index (χ3v) is 6.49. The Morgan fingerprint density at radius 1 is 1.03 bits per heavy atom. The fourth-order valence-electron chi connectivity index (χ4n) is 2.83.